The van der Waals surface area contributed by atoms with Gasteiger partial charge in [-0.1, -0.05) is 13.0 Å². The molecule has 0 saturated carbocycles. The first-order valence-electron chi connectivity index (χ1n) is 5.79. The summed E-state index contributed by atoms with van der Waals surface area (Å²) in [4.78, 5) is 5.79. The van der Waals surface area contributed by atoms with Gasteiger partial charge in [0.25, 0.3) is 6.43 Å². The van der Waals surface area contributed by atoms with Crippen LogP contribution in [0.4, 0.5) is 14.6 Å². The Hall–Kier alpha value is -1.23. The number of alkyl halides is 2. The molecule has 3 nitrogen and oxygen atoms in total. The van der Waals surface area contributed by atoms with Gasteiger partial charge >= 0.3 is 0 Å². The fourth-order valence-electron chi connectivity index (χ4n) is 1.47. The van der Waals surface area contributed by atoms with Gasteiger partial charge in [-0.15, -0.1) is 0 Å². The maximum Gasteiger partial charge on any atom is 0.255 e. The van der Waals surface area contributed by atoms with Crippen LogP contribution in [0.3, 0.4) is 0 Å². The van der Waals surface area contributed by atoms with Gasteiger partial charge in [0.15, 0.2) is 0 Å². The lowest BCUT2D eigenvalue weighted by Gasteiger charge is -2.18. The molecule has 0 saturated heterocycles. The summed E-state index contributed by atoms with van der Waals surface area (Å²) < 4.78 is 24.5. The monoisotopic (exact) mass is 243 g/mol. The molecule has 0 bridgehead atoms. The highest BCUT2D eigenvalue weighted by Gasteiger charge is 2.09. The van der Waals surface area contributed by atoms with Crippen molar-refractivity contribution in [3.63, 3.8) is 0 Å². The second kappa shape index (κ2) is 7.17. The lowest BCUT2D eigenvalue weighted by atomic mass is 10.3. The van der Waals surface area contributed by atoms with Crippen LogP contribution in [-0.2, 0) is 6.54 Å². The van der Waals surface area contributed by atoms with Gasteiger partial charge in [0.2, 0.25) is 0 Å². The average molecular weight is 243 g/mol. The van der Waals surface area contributed by atoms with E-state index in [0.29, 0.717) is 12.4 Å². The molecular formula is C12H19F2N3. The molecule has 0 aliphatic carbocycles. The topological polar surface area (TPSA) is 28.2 Å². The standard InChI is InChI=1S/C12H19F2N3/c1-3-7-15-8-10-5-4-6-12(16-10)17(2)9-11(13)14/h4-6,11,15H,3,7-9H2,1-2H3. The van der Waals surface area contributed by atoms with Crippen LogP contribution in [0, 0.1) is 0 Å². The molecule has 0 fully saturated rings. The molecule has 1 heterocycles. The van der Waals surface area contributed by atoms with E-state index in [1.54, 1.807) is 13.1 Å². The number of hydrogen-bond donors (Lipinski definition) is 1. The fourth-order valence-corrected chi connectivity index (χ4v) is 1.47. The minimum Gasteiger partial charge on any atom is -0.354 e. The molecule has 1 aromatic heterocycles. The third kappa shape index (κ3) is 5.08. The molecule has 0 amide bonds. The Morgan fingerprint density at radius 2 is 2.18 bits per heavy atom. The average Bonchev–Trinajstić information content (AvgIpc) is 2.29. The molecule has 17 heavy (non-hydrogen) atoms. The van der Waals surface area contributed by atoms with Crippen molar-refractivity contribution in [2.75, 3.05) is 25.0 Å². The highest BCUT2D eigenvalue weighted by atomic mass is 19.3. The summed E-state index contributed by atoms with van der Waals surface area (Å²) in [5.41, 5.74) is 0.872. The number of hydrogen-bond acceptors (Lipinski definition) is 3. The Morgan fingerprint density at radius 3 is 2.82 bits per heavy atom. The zero-order valence-corrected chi connectivity index (χ0v) is 10.3. The second-order valence-electron chi connectivity index (χ2n) is 3.94. The molecule has 5 heteroatoms. The fraction of sp³-hybridized carbons (Fsp3) is 0.583. The number of aromatic nitrogens is 1. The van der Waals surface area contributed by atoms with E-state index < -0.39 is 6.43 Å². The van der Waals surface area contributed by atoms with Gasteiger partial charge in [-0.05, 0) is 25.1 Å². The van der Waals surface area contributed by atoms with Gasteiger partial charge in [-0.2, -0.15) is 0 Å². The summed E-state index contributed by atoms with van der Waals surface area (Å²) in [6, 6.07) is 5.47. The largest absolute Gasteiger partial charge is 0.354 e. The SMILES string of the molecule is CCCNCc1cccc(N(C)CC(F)F)n1. The summed E-state index contributed by atoms with van der Waals surface area (Å²) in [5.74, 6) is 0.584. The predicted molar refractivity (Wildman–Crippen MR) is 65.5 cm³/mol. The maximum absolute atomic E-state index is 12.2. The number of nitrogens with zero attached hydrogens (tertiary/aromatic N) is 2. The van der Waals surface area contributed by atoms with E-state index in [1.807, 2.05) is 12.1 Å². The van der Waals surface area contributed by atoms with Gasteiger partial charge < -0.3 is 10.2 Å². The molecule has 96 valence electrons. The number of pyridine rings is 1. The van der Waals surface area contributed by atoms with Crippen molar-refractivity contribution >= 4 is 5.82 Å². The first-order valence-corrected chi connectivity index (χ1v) is 5.79. The Balaban J connectivity index is 2.58. The molecule has 0 aliphatic rings. The summed E-state index contributed by atoms with van der Waals surface area (Å²) in [6.45, 7) is 3.40. The molecule has 0 spiro atoms. The molecule has 0 aliphatic heterocycles. The van der Waals surface area contributed by atoms with Crippen LogP contribution in [0.5, 0.6) is 0 Å². The molecule has 0 atom stereocenters. The smallest absolute Gasteiger partial charge is 0.255 e. The van der Waals surface area contributed by atoms with E-state index >= 15 is 0 Å². The van der Waals surface area contributed by atoms with Crippen molar-refractivity contribution in [3.05, 3.63) is 23.9 Å². The number of nitrogens with one attached hydrogen (secondary N) is 1. The molecule has 0 aromatic carbocycles. The quantitative estimate of drug-likeness (QED) is 0.745. The normalized spacial score (nSPS) is 10.9. The zero-order chi connectivity index (χ0) is 12.7. The highest BCUT2D eigenvalue weighted by Crippen LogP contribution is 2.11. The van der Waals surface area contributed by atoms with Crippen LogP contribution in [0.1, 0.15) is 19.0 Å². The van der Waals surface area contributed by atoms with Crippen LogP contribution >= 0.6 is 0 Å². The lowest BCUT2D eigenvalue weighted by Crippen LogP contribution is -2.25. The Kier molecular flexibility index (Phi) is 5.83. The van der Waals surface area contributed by atoms with E-state index in [4.69, 9.17) is 0 Å². The number of halogens is 2. The minimum absolute atomic E-state index is 0.293. The van der Waals surface area contributed by atoms with E-state index in [0.717, 1.165) is 18.7 Å². The first kappa shape index (κ1) is 13.8. The van der Waals surface area contributed by atoms with E-state index in [9.17, 15) is 8.78 Å². The van der Waals surface area contributed by atoms with Crippen molar-refractivity contribution in [1.29, 1.82) is 0 Å². The first-order chi connectivity index (χ1) is 8.13. The lowest BCUT2D eigenvalue weighted by molar-refractivity contribution is 0.156. The second-order valence-corrected chi connectivity index (χ2v) is 3.94. The van der Waals surface area contributed by atoms with Crippen LogP contribution in [0.2, 0.25) is 0 Å². The molecule has 1 rings (SSSR count). The molecule has 1 aromatic rings. The Labute approximate surface area is 101 Å². The summed E-state index contributed by atoms with van der Waals surface area (Å²) in [7, 11) is 1.62. The number of anilines is 1. The molecule has 0 unspecified atom stereocenters. The van der Waals surface area contributed by atoms with Crippen LogP contribution < -0.4 is 10.2 Å². The third-order valence-corrected chi connectivity index (χ3v) is 2.33. The molecule has 0 radical (unpaired) electrons. The van der Waals surface area contributed by atoms with Crippen molar-refractivity contribution in [3.8, 4) is 0 Å². The van der Waals surface area contributed by atoms with Gasteiger partial charge in [0.05, 0.1) is 12.2 Å². The Morgan fingerprint density at radius 1 is 1.41 bits per heavy atom. The van der Waals surface area contributed by atoms with Crippen LogP contribution in [0.25, 0.3) is 0 Å². The summed E-state index contributed by atoms with van der Waals surface area (Å²) >= 11 is 0. The van der Waals surface area contributed by atoms with Crippen LogP contribution in [-0.4, -0.2) is 31.5 Å². The van der Waals surface area contributed by atoms with Gasteiger partial charge in [0, 0.05) is 13.6 Å². The van der Waals surface area contributed by atoms with E-state index in [1.165, 1.54) is 4.90 Å². The van der Waals surface area contributed by atoms with Crippen molar-refractivity contribution in [1.82, 2.24) is 10.3 Å². The van der Waals surface area contributed by atoms with Crippen molar-refractivity contribution in [2.45, 2.75) is 26.3 Å². The van der Waals surface area contributed by atoms with Crippen LogP contribution in [0.15, 0.2) is 18.2 Å². The maximum atomic E-state index is 12.2. The summed E-state index contributed by atoms with van der Waals surface area (Å²) in [5, 5.41) is 3.23. The van der Waals surface area contributed by atoms with Crippen molar-refractivity contribution < 1.29 is 8.78 Å². The van der Waals surface area contributed by atoms with Gasteiger partial charge in [0.1, 0.15) is 5.82 Å². The molecule has 1 N–H and O–H groups in total. The highest BCUT2D eigenvalue weighted by molar-refractivity contribution is 5.38. The Bertz CT molecular complexity index is 331. The van der Waals surface area contributed by atoms with E-state index in [2.05, 4.69) is 17.2 Å². The van der Waals surface area contributed by atoms with Gasteiger partial charge in [-0.25, -0.2) is 13.8 Å². The predicted octanol–water partition coefficient (Wildman–Crippen LogP) is 2.28. The minimum atomic E-state index is -2.34. The zero-order valence-electron chi connectivity index (χ0n) is 10.3. The van der Waals surface area contributed by atoms with Crippen molar-refractivity contribution in [2.24, 2.45) is 0 Å². The molecular weight excluding hydrogens is 224 g/mol. The number of rotatable bonds is 7. The van der Waals surface area contributed by atoms with Gasteiger partial charge in [-0.3, -0.25) is 0 Å². The third-order valence-electron chi connectivity index (χ3n) is 2.33. The van der Waals surface area contributed by atoms with E-state index in [-0.39, 0.29) is 6.54 Å². The summed E-state index contributed by atoms with van der Waals surface area (Å²) in [6.07, 6.45) is -1.28.